The van der Waals surface area contributed by atoms with Crippen molar-refractivity contribution in [3.05, 3.63) is 52.5 Å². The minimum atomic E-state index is -0.209. The highest BCUT2D eigenvalue weighted by Gasteiger charge is 2.23. The molecular weight excluding hydrogens is 384 g/mol. The highest BCUT2D eigenvalue weighted by Crippen LogP contribution is 2.34. The molecule has 0 bridgehead atoms. The third kappa shape index (κ3) is 4.32. The molecule has 2 atom stereocenters. The summed E-state index contributed by atoms with van der Waals surface area (Å²) >= 11 is 3.46. The topological polar surface area (TPSA) is 64.2 Å². The van der Waals surface area contributed by atoms with Crippen LogP contribution in [-0.4, -0.2) is 18.7 Å². The van der Waals surface area contributed by atoms with E-state index in [1.54, 1.807) is 6.07 Å². The number of ether oxygens (including phenoxy) is 2. The predicted octanol–water partition coefficient (Wildman–Crippen LogP) is 3.22. The van der Waals surface area contributed by atoms with Crippen LogP contribution in [0.5, 0.6) is 11.5 Å². The molecule has 0 spiro atoms. The maximum Gasteiger partial charge on any atom is 0.282 e. The summed E-state index contributed by atoms with van der Waals surface area (Å²) in [6, 6.07) is 13.7. The lowest BCUT2D eigenvalue weighted by atomic mass is 10.0. The van der Waals surface area contributed by atoms with E-state index in [4.69, 9.17) is 9.47 Å². The van der Waals surface area contributed by atoms with Crippen LogP contribution in [0.2, 0.25) is 0 Å². The quantitative estimate of drug-likeness (QED) is 0.775. The molecule has 5 nitrogen and oxygen atoms in total. The molecule has 132 valence electrons. The number of halogens is 1. The molecule has 1 aliphatic rings. The number of nitrogens with one attached hydrogen (secondary N) is 1. The van der Waals surface area contributed by atoms with Gasteiger partial charge in [-0.05, 0) is 31.2 Å². The molecule has 0 saturated heterocycles. The summed E-state index contributed by atoms with van der Waals surface area (Å²) in [5.41, 5.74) is 1.93. The molecule has 1 amide bonds. The van der Waals surface area contributed by atoms with Gasteiger partial charge in [-0.15, -0.1) is 0 Å². The summed E-state index contributed by atoms with van der Waals surface area (Å²) in [7, 11) is 0. The lowest BCUT2D eigenvalue weighted by Crippen LogP contribution is -2.92. The number of nitrogens with two attached hydrogens (primary N) is 1. The van der Waals surface area contributed by atoms with E-state index in [2.05, 4.69) is 45.6 Å². The van der Waals surface area contributed by atoms with E-state index in [-0.39, 0.29) is 24.8 Å². The Morgan fingerprint density at radius 2 is 1.92 bits per heavy atom. The maximum absolute atomic E-state index is 12.5. The second-order valence-electron chi connectivity index (χ2n) is 6.10. The Labute approximate surface area is 155 Å². The van der Waals surface area contributed by atoms with Crippen molar-refractivity contribution in [1.82, 2.24) is 0 Å². The molecule has 3 rings (SSSR count). The highest BCUT2D eigenvalue weighted by molar-refractivity contribution is 9.10. The molecule has 0 fully saturated rings. The van der Waals surface area contributed by atoms with Gasteiger partial charge in [-0.2, -0.15) is 0 Å². The molecule has 0 saturated carbocycles. The lowest BCUT2D eigenvalue weighted by molar-refractivity contribution is -0.713. The molecular formula is C19H22BrN2O3+. The van der Waals surface area contributed by atoms with Gasteiger partial charge in [-0.25, -0.2) is 0 Å². The fourth-order valence-corrected chi connectivity index (χ4v) is 3.12. The number of hydrogen-bond acceptors (Lipinski definition) is 3. The summed E-state index contributed by atoms with van der Waals surface area (Å²) in [6.45, 7) is 4.28. The third-order valence-electron chi connectivity index (χ3n) is 4.31. The molecule has 1 aliphatic heterocycles. The van der Waals surface area contributed by atoms with E-state index in [1.807, 2.05) is 31.2 Å². The zero-order valence-corrected chi connectivity index (χ0v) is 15.9. The fourth-order valence-electron chi connectivity index (χ4n) is 2.86. The van der Waals surface area contributed by atoms with Crippen molar-refractivity contribution in [2.75, 3.05) is 12.1 Å². The van der Waals surface area contributed by atoms with Crippen molar-refractivity contribution < 1.29 is 19.6 Å². The normalized spacial score (nSPS) is 14.8. The van der Waals surface area contributed by atoms with Crippen LogP contribution in [0.3, 0.4) is 0 Å². The molecule has 0 aromatic heterocycles. The van der Waals surface area contributed by atoms with Crippen molar-refractivity contribution in [3.8, 4) is 11.5 Å². The van der Waals surface area contributed by atoms with Crippen molar-refractivity contribution in [1.29, 1.82) is 0 Å². The number of fused-ring (bicyclic) bond motifs is 1. The molecule has 25 heavy (non-hydrogen) atoms. The molecule has 2 aromatic carbocycles. The molecule has 1 heterocycles. The molecule has 6 heteroatoms. The van der Waals surface area contributed by atoms with Crippen molar-refractivity contribution >= 4 is 27.5 Å². The van der Waals surface area contributed by atoms with Crippen LogP contribution in [-0.2, 0) is 4.79 Å². The largest absolute Gasteiger partial charge is 0.454 e. The van der Waals surface area contributed by atoms with Crippen molar-refractivity contribution in [2.45, 2.75) is 32.4 Å². The number of quaternary nitrogens is 1. The first kappa shape index (κ1) is 17.8. The molecule has 0 radical (unpaired) electrons. The Bertz CT molecular complexity index is 749. The van der Waals surface area contributed by atoms with Crippen LogP contribution < -0.4 is 20.1 Å². The highest BCUT2D eigenvalue weighted by atomic mass is 79.9. The Kier molecular flexibility index (Phi) is 5.60. The van der Waals surface area contributed by atoms with Crippen LogP contribution in [0.1, 0.15) is 31.9 Å². The molecule has 3 N–H and O–H groups in total. The van der Waals surface area contributed by atoms with Crippen LogP contribution >= 0.6 is 15.9 Å². The predicted molar refractivity (Wildman–Crippen MR) is 99.8 cm³/mol. The zero-order chi connectivity index (χ0) is 17.8. The minimum Gasteiger partial charge on any atom is -0.454 e. The third-order valence-corrected chi connectivity index (χ3v) is 4.84. The Morgan fingerprint density at radius 1 is 1.20 bits per heavy atom. The summed E-state index contributed by atoms with van der Waals surface area (Å²) in [5.74, 6) is 1.34. The van der Waals surface area contributed by atoms with Gasteiger partial charge in [0.2, 0.25) is 6.79 Å². The van der Waals surface area contributed by atoms with E-state index in [9.17, 15) is 4.79 Å². The number of carbonyl (C=O) groups excluding carboxylic acids is 1. The van der Waals surface area contributed by atoms with Crippen LogP contribution in [0.25, 0.3) is 0 Å². The first-order valence-electron chi connectivity index (χ1n) is 8.37. The average molecular weight is 406 g/mol. The molecule has 0 aliphatic carbocycles. The van der Waals surface area contributed by atoms with E-state index in [0.29, 0.717) is 17.2 Å². The van der Waals surface area contributed by atoms with Gasteiger partial charge in [0.05, 0.1) is 0 Å². The summed E-state index contributed by atoms with van der Waals surface area (Å²) in [5, 5.41) is 5.05. The van der Waals surface area contributed by atoms with Gasteiger partial charge >= 0.3 is 0 Å². The number of carbonyl (C=O) groups is 1. The first-order valence-corrected chi connectivity index (χ1v) is 9.17. The van der Waals surface area contributed by atoms with E-state index < -0.39 is 0 Å². The van der Waals surface area contributed by atoms with Gasteiger partial charge in [0, 0.05) is 28.2 Å². The maximum atomic E-state index is 12.5. The lowest BCUT2D eigenvalue weighted by Gasteiger charge is -2.19. The van der Waals surface area contributed by atoms with Gasteiger partial charge in [0.25, 0.3) is 5.91 Å². The number of hydrogen-bond donors (Lipinski definition) is 2. The van der Waals surface area contributed by atoms with Gasteiger partial charge in [0.1, 0.15) is 6.04 Å². The zero-order valence-electron chi connectivity index (χ0n) is 14.3. The fraction of sp³-hybridized carbons (Fsp3) is 0.316. The van der Waals surface area contributed by atoms with Crippen molar-refractivity contribution in [3.63, 3.8) is 0 Å². The number of rotatable bonds is 6. The Balaban J connectivity index is 1.62. The SMILES string of the molecule is CC[C@@H]([NH2+][C@H](C)C(=O)Nc1ccc2c(c1)OCO2)c1ccc(Br)cc1. The Hall–Kier alpha value is -2.05. The van der Waals surface area contributed by atoms with Gasteiger partial charge in [-0.3, -0.25) is 4.79 Å². The minimum absolute atomic E-state index is 0.0329. The second-order valence-corrected chi connectivity index (χ2v) is 7.02. The summed E-state index contributed by atoms with van der Waals surface area (Å²) in [4.78, 5) is 12.5. The van der Waals surface area contributed by atoms with Gasteiger partial charge in [0.15, 0.2) is 17.5 Å². The van der Waals surface area contributed by atoms with Gasteiger partial charge in [-0.1, -0.05) is 35.0 Å². The van der Waals surface area contributed by atoms with Gasteiger partial charge < -0.3 is 20.1 Å². The number of benzene rings is 2. The van der Waals surface area contributed by atoms with E-state index in [1.165, 1.54) is 5.56 Å². The summed E-state index contributed by atoms with van der Waals surface area (Å²) < 4.78 is 11.7. The van der Waals surface area contributed by atoms with E-state index in [0.717, 1.165) is 10.9 Å². The molecule has 0 unspecified atom stereocenters. The van der Waals surface area contributed by atoms with Crippen LogP contribution in [0.4, 0.5) is 5.69 Å². The monoisotopic (exact) mass is 405 g/mol. The average Bonchev–Trinajstić information content (AvgIpc) is 3.08. The number of amides is 1. The van der Waals surface area contributed by atoms with Crippen molar-refractivity contribution in [2.24, 2.45) is 0 Å². The summed E-state index contributed by atoms with van der Waals surface area (Å²) in [6.07, 6.45) is 0.948. The second kappa shape index (κ2) is 7.89. The van der Waals surface area contributed by atoms with Crippen LogP contribution in [0.15, 0.2) is 46.9 Å². The van der Waals surface area contributed by atoms with Crippen LogP contribution in [0, 0.1) is 0 Å². The standard InChI is InChI=1S/C19H21BrN2O3/c1-3-16(13-4-6-14(20)7-5-13)21-12(2)19(23)22-15-8-9-17-18(10-15)25-11-24-17/h4-10,12,16,21H,3,11H2,1-2H3,(H,22,23)/p+1/t12-,16-/m1/s1. The smallest absolute Gasteiger partial charge is 0.282 e. The van der Waals surface area contributed by atoms with E-state index >= 15 is 0 Å². The Morgan fingerprint density at radius 3 is 2.64 bits per heavy atom. The number of anilines is 1. The molecule has 2 aromatic rings. The first-order chi connectivity index (χ1) is 12.1.